The standard InChI is InChI=1S/C15H21BrN2O/c1-15(2,3)11-6-8-18(9-7-11)14(19)13-5-4-12(16)10-17-13/h4-5,10-11H,6-9H2,1-3H3. The van der Waals surface area contributed by atoms with Crippen molar-refractivity contribution in [1.29, 1.82) is 0 Å². The monoisotopic (exact) mass is 324 g/mol. The van der Waals surface area contributed by atoms with Crippen LogP contribution in [0.3, 0.4) is 0 Å². The van der Waals surface area contributed by atoms with Crippen LogP contribution in [0, 0.1) is 11.3 Å². The Morgan fingerprint density at radius 3 is 2.42 bits per heavy atom. The highest BCUT2D eigenvalue weighted by Gasteiger charge is 2.30. The Balaban J connectivity index is 1.98. The number of likely N-dealkylation sites (tertiary alicyclic amines) is 1. The van der Waals surface area contributed by atoms with Crippen LogP contribution in [0.1, 0.15) is 44.1 Å². The second kappa shape index (κ2) is 5.61. The third-order valence-corrected chi connectivity index (χ3v) is 4.42. The molecule has 19 heavy (non-hydrogen) atoms. The molecule has 0 N–H and O–H groups in total. The smallest absolute Gasteiger partial charge is 0.272 e. The molecule has 0 unspecified atom stereocenters. The molecule has 0 saturated carbocycles. The van der Waals surface area contributed by atoms with Gasteiger partial charge in [-0.05, 0) is 52.2 Å². The minimum Gasteiger partial charge on any atom is -0.337 e. The van der Waals surface area contributed by atoms with Crippen molar-refractivity contribution in [3.63, 3.8) is 0 Å². The summed E-state index contributed by atoms with van der Waals surface area (Å²) in [7, 11) is 0. The average Bonchev–Trinajstić information content (AvgIpc) is 2.38. The van der Waals surface area contributed by atoms with Gasteiger partial charge in [0.2, 0.25) is 0 Å². The van der Waals surface area contributed by atoms with Gasteiger partial charge in [-0.15, -0.1) is 0 Å². The highest BCUT2D eigenvalue weighted by molar-refractivity contribution is 9.10. The predicted octanol–water partition coefficient (Wildman–Crippen LogP) is 3.74. The SMILES string of the molecule is CC(C)(C)C1CCN(C(=O)c2ccc(Br)cn2)CC1. The van der Waals surface area contributed by atoms with E-state index in [-0.39, 0.29) is 5.91 Å². The van der Waals surface area contributed by atoms with Crippen LogP contribution in [0.5, 0.6) is 0 Å². The predicted molar refractivity (Wildman–Crippen MR) is 80.0 cm³/mol. The van der Waals surface area contributed by atoms with E-state index in [9.17, 15) is 4.79 Å². The Morgan fingerprint density at radius 1 is 1.32 bits per heavy atom. The largest absolute Gasteiger partial charge is 0.337 e. The first kappa shape index (κ1) is 14.5. The Labute approximate surface area is 123 Å². The molecule has 1 saturated heterocycles. The van der Waals surface area contributed by atoms with Gasteiger partial charge in [0.25, 0.3) is 5.91 Å². The summed E-state index contributed by atoms with van der Waals surface area (Å²) < 4.78 is 0.899. The summed E-state index contributed by atoms with van der Waals surface area (Å²) in [6, 6.07) is 3.64. The number of carbonyl (C=O) groups excluding carboxylic acids is 1. The van der Waals surface area contributed by atoms with Gasteiger partial charge in [0.1, 0.15) is 5.69 Å². The van der Waals surface area contributed by atoms with Gasteiger partial charge >= 0.3 is 0 Å². The highest BCUT2D eigenvalue weighted by Crippen LogP contribution is 2.34. The number of amides is 1. The van der Waals surface area contributed by atoms with E-state index in [4.69, 9.17) is 0 Å². The van der Waals surface area contributed by atoms with Gasteiger partial charge in [0.05, 0.1) is 0 Å². The molecule has 104 valence electrons. The van der Waals surface area contributed by atoms with Crippen molar-refractivity contribution in [2.75, 3.05) is 13.1 Å². The van der Waals surface area contributed by atoms with E-state index in [2.05, 4.69) is 41.7 Å². The van der Waals surface area contributed by atoms with E-state index in [1.807, 2.05) is 11.0 Å². The van der Waals surface area contributed by atoms with E-state index >= 15 is 0 Å². The molecule has 0 spiro atoms. The van der Waals surface area contributed by atoms with Gasteiger partial charge in [0, 0.05) is 23.8 Å². The van der Waals surface area contributed by atoms with E-state index in [1.54, 1.807) is 12.3 Å². The molecular formula is C15H21BrN2O. The second-order valence-electron chi connectivity index (χ2n) is 6.29. The second-order valence-corrected chi connectivity index (χ2v) is 7.21. The number of nitrogens with zero attached hydrogens (tertiary/aromatic N) is 2. The lowest BCUT2D eigenvalue weighted by molar-refractivity contribution is 0.0603. The van der Waals surface area contributed by atoms with Crippen LogP contribution in [0.15, 0.2) is 22.8 Å². The van der Waals surface area contributed by atoms with E-state index in [0.717, 1.165) is 30.4 Å². The molecule has 2 heterocycles. The maximum absolute atomic E-state index is 12.3. The lowest BCUT2D eigenvalue weighted by Crippen LogP contribution is -2.41. The van der Waals surface area contributed by atoms with Crippen LogP contribution >= 0.6 is 15.9 Å². The number of carbonyl (C=O) groups is 1. The molecule has 0 radical (unpaired) electrons. The number of piperidine rings is 1. The lowest BCUT2D eigenvalue weighted by atomic mass is 9.75. The number of pyridine rings is 1. The molecule has 1 amide bonds. The van der Waals surface area contributed by atoms with Crippen molar-refractivity contribution >= 4 is 21.8 Å². The fourth-order valence-corrected chi connectivity index (χ4v) is 2.85. The van der Waals surface area contributed by atoms with E-state index in [0.29, 0.717) is 17.0 Å². The summed E-state index contributed by atoms with van der Waals surface area (Å²) in [4.78, 5) is 18.4. The summed E-state index contributed by atoms with van der Waals surface area (Å²) in [5, 5.41) is 0. The fraction of sp³-hybridized carbons (Fsp3) is 0.600. The molecule has 2 rings (SSSR count). The van der Waals surface area contributed by atoms with Gasteiger partial charge in [-0.1, -0.05) is 20.8 Å². The van der Waals surface area contributed by atoms with Gasteiger partial charge in [-0.2, -0.15) is 0 Å². The maximum atomic E-state index is 12.3. The fourth-order valence-electron chi connectivity index (χ4n) is 2.61. The Morgan fingerprint density at radius 2 is 1.95 bits per heavy atom. The third-order valence-electron chi connectivity index (χ3n) is 3.95. The maximum Gasteiger partial charge on any atom is 0.272 e. The zero-order valence-corrected chi connectivity index (χ0v) is 13.4. The molecule has 1 aromatic rings. The first-order valence-electron chi connectivity index (χ1n) is 6.79. The molecule has 1 aromatic heterocycles. The Bertz CT molecular complexity index is 442. The number of hydrogen-bond acceptors (Lipinski definition) is 2. The molecule has 1 aliphatic heterocycles. The van der Waals surface area contributed by atoms with Crippen molar-refractivity contribution in [1.82, 2.24) is 9.88 Å². The summed E-state index contributed by atoms with van der Waals surface area (Å²) in [6.45, 7) is 8.54. The minimum atomic E-state index is 0.0554. The van der Waals surface area contributed by atoms with Crippen LogP contribution in [-0.2, 0) is 0 Å². The summed E-state index contributed by atoms with van der Waals surface area (Å²) in [6.07, 6.45) is 3.85. The van der Waals surface area contributed by atoms with Crippen LogP contribution in [0.2, 0.25) is 0 Å². The summed E-state index contributed by atoms with van der Waals surface area (Å²) >= 11 is 3.33. The van der Waals surface area contributed by atoms with Crippen LogP contribution in [0.4, 0.5) is 0 Å². The molecule has 0 aliphatic carbocycles. The topological polar surface area (TPSA) is 33.2 Å². The van der Waals surface area contributed by atoms with Gasteiger partial charge in [0.15, 0.2) is 0 Å². The van der Waals surface area contributed by atoms with Gasteiger partial charge in [-0.25, -0.2) is 4.98 Å². The van der Waals surface area contributed by atoms with Gasteiger partial charge in [-0.3, -0.25) is 4.79 Å². The number of aromatic nitrogens is 1. The molecule has 3 nitrogen and oxygen atoms in total. The zero-order chi connectivity index (χ0) is 14.0. The van der Waals surface area contributed by atoms with Crippen molar-refractivity contribution in [3.05, 3.63) is 28.5 Å². The zero-order valence-electron chi connectivity index (χ0n) is 11.8. The van der Waals surface area contributed by atoms with Gasteiger partial charge < -0.3 is 4.90 Å². The van der Waals surface area contributed by atoms with Crippen LogP contribution in [-0.4, -0.2) is 28.9 Å². The first-order chi connectivity index (χ1) is 8.88. The number of rotatable bonds is 1. The average molecular weight is 325 g/mol. The Kier molecular flexibility index (Phi) is 4.29. The molecule has 1 aliphatic rings. The molecular weight excluding hydrogens is 304 g/mol. The Hall–Kier alpha value is -0.900. The molecule has 0 atom stereocenters. The van der Waals surface area contributed by atoms with Crippen LogP contribution < -0.4 is 0 Å². The number of halogens is 1. The minimum absolute atomic E-state index is 0.0554. The van der Waals surface area contributed by atoms with E-state index in [1.165, 1.54) is 0 Å². The molecule has 1 fully saturated rings. The quantitative estimate of drug-likeness (QED) is 0.788. The van der Waals surface area contributed by atoms with Crippen molar-refractivity contribution in [2.24, 2.45) is 11.3 Å². The van der Waals surface area contributed by atoms with E-state index < -0.39 is 0 Å². The highest BCUT2D eigenvalue weighted by atomic mass is 79.9. The molecule has 0 aromatic carbocycles. The molecule has 0 bridgehead atoms. The summed E-state index contributed by atoms with van der Waals surface area (Å²) in [5.41, 5.74) is 0.878. The first-order valence-corrected chi connectivity index (χ1v) is 7.58. The van der Waals surface area contributed by atoms with Crippen molar-refractivity contribution in [3.8, 4) is 0 Å². The number of hydrogen-bond donors (Lipinski definition) is 0. The van der Waals surface area contributed by atoms with Crippen LogP contribution in [0.25, 0.3) is 0 Å². The third kappa shape index (κ3) is 3.56. The normalized spacial score (nSPS) is 17.6. The lowest BCUT2D eigenvalue weighted by Gasteiger charge is -2.38. The molecule has 4 heteroatoms. The summed E-state index contributed by atoms with van der Waals surface area (Å²) in [5.74, 6) is 0.759. The van der Waals surface area contributed by atoms with Crippen molar-refractivity contribution in [2.45, 2.75) is 33.6 Å². The van der Waals surface area contributed by atoms with Crippen molar-refractivity contribution < 1.29 is 4.79 Å².